The topological polar surface area (TPSA) is 62.3 Å². The van der Waals surface area contributed by atoms with Crippen molar-refractivity contribution in [2.75, 3.05) is 18.0 Å². The van der Waals surface area contributed by atoms with Crippen LogP contribution in [-0.4, -0.2) is 29.9 Å². The molecular weight excluding hydrogens is 326 g/mol. The second-order valence-corrected chi connectivity index (χ2v) is 7.19. The summed E-state index contributed by atoms with van der Waals surface area (Å²) in [5.74, 6) is 1.23. The van der Waals surface area contributed by atoms with Crippen LogP contribution in [-0.2, 0) is 16.0 Å². The molecule has 4 rings (SSSR count). The maximum Gasteiger partial charge on any atom is 0.227 e. The van der Waals surface area contributed by atoms with Gasteiger partial charge >= 0.3 is 0 Å². The summed E-state index contributed by atoms with van der Waals surface area (Å²) in [6.45, 7) is 1.48. The third-order valence-electron chi connectivity index (χ3n) is 5.26. The molecule has 2 heterocycles. The van der Waals surface area contributed by atoms with E-state index in [1.54, 1.807) is 6.20 Å². The number of benzene rings is 1. The number of nitrogens with zero attached hydrogens (tertiary/aromatic N) is 2. The molecule has 26 heavy (non-hydrogen) atoms. The monoisotopic (exact) mass is 349 g/mol. The van der Waals surface area contributed by atoms with Crippen LogP contribution in [0.1, 0.15) is 36.3 Å². The molecule has 0 radical (unpaired) electrons. The van der Waals surface area contributed by atoms with Crippen LogP contribution in [0.4, 0.5) is 5.69 Å². The molecule has 2 atom stereocenters. The van der Waals surface area contributed by atoms with E-state index in [0.717, 1.165) is 30.6 Å². The molecular formula is C21H23N3O2. The zero-order valence-electron chi connectivity index (χ0n) is 14.7. The van der Waals surface area contributed by atoms with Gasteiger partial charge < -0.3 is 10.2 Å². The fourth-order valence-corrected chi connectivity index (χ4v) is 3.73. The van der Waals surface area contributed by atoms with E-state index in [1.165, 1.54) is 5.56 Å². The van der Waals surface area contributed by atoms with Crippen LogP contribution in [0.2, 0.25) is 0 Å². The Morgan fingerprint density at radius 2 is 2.19 bits per heavy atom. The van der Waals surface area contributed by atoms with Crippen molar-refractivity contribution in [1.82, 2.24) is 10.3 Å². The van der Waals surface area contributed by atoms with E-state index in [9.17, 15) is 9.59 Å². The summed E-state index contributed by atoms with van der Waals surface area (Å²) < 4.78 is 0. The molecule has 5 nitrogen and oxygen atoms in total. The molecule has 1 saturated carbocycles. The van der Waals surface area contributed by atoms with Gasteiger partial charge in [0, 0.05) is 37.6 Å². The lowest BCUT2D eigenvalue weighted by Gasteiger charge is -2.16. The van der Waals surface area contributed by atoms with Crippen LogP contribution in [0.5, 0.6) is 0 Å². The van der Waals surface area contributed by atoms with Crippen LogP contribution in [0, 0.1) is 5.92 Å². The predicted molar refractivity (Wildman–Crippen MR) is 99.8 cm³/mol. The molecule has 2 amide bonds. The van der Waals surface area contributed by atoms with Crippen LogP contribution in [0.15, 0.2) is 48.8 Å². The first-order valence-electron chi connectivity index (χ1n) is 9.26. The van der Waals surface area contributed by atoms with E-state index >= 15 is 0 Å². The molecule has 2 aromatic rings. The van der Waals surface area contributed by atoms with Crippen LogP contribution in [0.25, 0.3) is 0 Å². The third kappa shape index (κ3) is 3.77. The van der Waals surface area contributed by atoms with E-state index in [0.29, 0.717) is 31.2 Å². The normalized spacial score (nSPS) is 21.7. The Labute approximate surface area is 153 Å². The lowest BCUT2D eigenvalue weighted by Crippen LogP contribution is -2.28. The Kier molecular flexibility index (Phi) is 4.69. The van der Waals surface area contributed by atoms with Crippen molar-refractivity contribution >= 4 is 17.5 Å². The minimum absolute atomic E-state index is 0.0340. The average Bonchev–Trinajstić information content (AvgIpc) is 3.32. The SMILES string of the molecule is O=C(Cc1cccc(N2CCCC2=O)c1)NC[C@@H]1C[C@H]1c1cccnc1. The maximum absolute atomic E-state index is 12.3. The summed E-state index contributed by atoms with van der Waals surface area (Å²) in [4.78, 5) is 30.1. The van der Waals surface area contributed by atoms with Crippen LogP contribution >= 0.6 is 0 Å². The van der Waals surface area contributed by atoms with E-state index in [2.05, 4.69) is 16.4 Å². The van der Waals surface area contributed by atoms with Gasteiger partial charge in [0.05, 0.1) is 6.42 Å². The second kappa shape index (κ2) is 7.28. The molecule has 0 unspecified atom stereocenters. The number of rotatable bonds is 6. The molecule has 2 aliphatic rings. The van der Waals surface area contributed by atoms with Crippen molar-refractivity contribution in [2.24, 2.45) is 5.92 Å². The minimum Gasteiger partial charge on any atom is -0.356 e. The number of hydrogen-bond donors (Lipinski definition) is 1. The fraction of sp³-hybridized carbons (Fsp3) is 0.381. The van der Waals surface area contributed by atoms with Gasteiger partial charge in [0.15, 0.2) is 0 Å². The van der Waals surface area contributed by atoms with E-state index in [-0.39, 0.29) is 11.8 Å². The first-order chi connectivity index (χ1) is 12.7. The number of pyridine rings is 1. The molecule has 1 aliphatic heterocycles. The molecule has 1 aliphatic carbocycles. The third-order valence-corrected chi connectivity index (χ3v) is 5.26. The molecule has 0 bridgehead atoms. The Morgan fingerprint density at radius 3 is 2.96 bits per heavy atom. The molecule has 2 fully saturated rings. The zero-order valence-corrected chi connectivity index (χ0v) is 14.7. The van der Waals surface area contributed by atoms with Crippen molar-refractivity contribution < 1.29 is 9.59 Å². The van der Waals surface area contributed by atoms with Gasteiger partial charge in [-0.15, -0.1) is 0 Å². The summed E-state index contributed by atoms with van der Waals surface area (Å²) in [6, 6.07) is 11.8. The van der Waals surface area contributed by atoms with Gasteiger partial charge in [-0.3, -0.25) is 14.6 Å². The Balaban J connectivity index is 1.28. The van der Waals surface area contributed by atoms with Gasteiger partial charge in [-0.25, -0.2) is 0 Å². The Bertz CT molecular complexity index is 806. The second-order valence-electron chi connectivity index (χ2n) is 7.19. The smallest absolute Gasteiger partial charge is 0.227 e. The average molecular weight is 349 g/mol. The zero-order chi connectivity index (χ0) is 17.9. The molecule has 1 aromatic carbocycles. The van der Waals surface area contributed by atoms with Gasteiger partial charge in [0.2, 0.25) is 11.8 Å². The first-order valence-corrected chi connectivity index (χ1v) is 9.26. The summed E-state index contributed by atoms with van der Waals surface area (Å²) in [6.07, 6.45) is 6.68. The van der Waals surface area contributed by atoms with Crippen molar-refractivity contribution in [1.29, 1.82) is 0 Å². The molecule has 1 N–H and O–H groups in total. The maximum atomic E-state index is 12.3. The van der Waals surface area contributed by atoms with Gasteiger partial charge in [0.25, 0.3) is 0 Å². The van der Waals surface area contributed by atoms with Gasteiger partial charge in [-0.1, -0.05) is 18.2 Å². The Hall–Kier alpha value is -2.69. The quantitative estimate of drug-likeness (QED) is 0.872. The highest BCUT2D eigenvalue weighted by molar-refractivity contribution is 5.95. The largest absolute Gasteiger partial charge is 0.356 e. The highest BCUT2D eigenvalue weighted by Crippen LogP contribution is 2.46. The number of carbonyl (C=O) groups is 2. The number of anilines is 1. The summed E-state index contributed by atoms with van der Waals surface area (Å²) in [5, 5.41) is 3.05. The number of aromatic nitrogens is 1. The summed E-state index contributed by atoms with van der Waals surface area (Å²) in [7, 11) is 0. The summed E-state index contributed by atoms with van der Waals surface area (Å²) in [5.41, 5.74) is 3.10. The lowest BCUT2D eigenvalue weighted by molar-refractivity contribution is -0.120. The molecule has 0 spiro atoms. The van der Waals surface area contributed by atoms with Gasteiger partial charge in [0.1, 0.15) is 0 Å². The number of hydrogen-bond acceptors (Lipinski definition) is 3. The molecule has 1 saturated heterocycles. The number of amides is 2. The number of nitrogens with one attached hydrogen (secondary N) is 1. The van der Waals surface area contributed by atoms with Crippen molar-refractivity contribution in [2.45, 2.75) is 31.6 Å². The fourth-order valence-electron chi connectivity index (χ4n) is 3.73. The summed E-state index contributed by atoms with van der Waals surface area (Å²) >= 11 is 0. The van der Waals surface area contributed by atoms with Gasteiger partial charge in [-0.05, 0) is 54.0 Å². The highest BCUT2D eigenvalue weighted by Gasteiger charge is 2.38. The van der Waals surface area contributed by atoms with Crippen LogP contribution < -0.4 is 10.2 Å². The molecule has 5 heteroatoms. The van der Waals surface area contributed by atoms with Gasteiger partial charge in [-0.2, -0.15) is 0 Å². The van der Waals surface area contributed by atoms with E-state index in [1.807, 2.05) is 41.4 Å². The van der Waals surface area contributed by atoms with Crippen molar-refractivity contribution in [3.63, 3.8) is 0 Å². The molecule has 1 aromatic heterocycles. The first kappa shape index (κ1) is 16.8. The minimum atomic E-state index is 0.0340. The Morgan fingerprint density at radius 1 is 1.27 bits per heavy atom. The van der Waals surface area contributed by atoms with Crippen molar-refractivity contribution in [3.05, 3.63) is 59.9 Å². The van der Waals surface area contributed by atoms with E-state index in [4.69, 9.17) is 0 Å². The standard InChI is InChI=1S/C21H23N3O2/c25-20(23-14-17-12-19(17)16-5-2-8-22-13-16)11-15-4-1-6-18(10-15)24-9-3-7-21(24)26/h1-2,4-6,8,10,13,17,19H,3,7,9,11-12,14H2,(H,23,25)/t17-,19-/m0/s1. The van der Waals surface area contributed by atoms with Crippen molar-refractivity contribution in [3.8, 4) is 0 Å². The van der Waals surface area contributed by atoms with E-state index < -0.39 is 0 Å². The molecule has 134 valence electrons. The number of carbonyl (C=O) groups excluding carboxylic acids is 2. The highest BCUT2D eigenvalue weighted by atomic mass is 16.2. The lowest BCUT2D eigenvalue weighted by atomic mass is 10.1. The van der Waals surface area contributed by atoms with Crippen LogP contribution in [0.3, 0.4) is 0 Å². The predicted octanol–water partition coefficient (Wildman–Crippen LogP) is 2.67.